The Labute approximate surface area is 201 Å². The monoisotopic (exact) mass is 518 g/mol. The molecule has 3 saturated heterocycles. The van der Waals surface area contributed by atoms with Crippen LogP contribution in [-0.4, -0.2) is 168 Å². The van der Waals surface area contributed by atoms with Gasteiger partial charge in [0.05, 0.1) is 32.0 Å². The molecule has 0 saturated carbocycles. The molecule has 3 aliphatic rings. The molecule has 0 aromatic rings. The highest BCUT2D eigenvalue weighted by Crippen LogP contribution is 2.25. The Hall–Kier alpha value is -0.600. The van der Waals surface area contributed by atoms with Gasteiger partial charge in [0.15, 0.2) is 6.29 Å². The molecule has 3 rings (SSSR count). The average Bonchev–Trinajstić information content (AvgIpc) is 2.85. The zero-order valence-corrected chi connectivity index (χ0v) is 19.3. The maximum absolute atomic E-state index is 9.87. The lowest BCUT2D eigenvalue weighted by molar-refractivity contribution is -0.313. The van der Waals surface area contributed by atoms with Gasteiger partial charge in [-0.1, -0.05) is 0 Å². The Kier molecular flexibility index (Phi) is 11.6. The Morgan fingerprint density at radius 3 is 1.31 bits per heavy atom. The molecular formula is C20H38O15. The number of rotatable bonds is 5. The van der Waals surface area contributed by atoms with Crippen LogP contribution in [0.4, 0.5) is 0 Å². The molecule has 15 nitrogen and oxygen atoms in total. The van der Waals surface area contributed by atoms with E-state index in [-0.39, 0.29) is 13.2 Å². The summed E-state index contributed by atoms with van der Waals surface area (Å²) in [5.41, 5.74) is 0. The Balaban J connectivity index is 0.000000303. The number of ether oxygens (including phenoxy) is 4. The van der Waals surface area contributed by atoms with Crippen molar-refractivity contribution in [1.29, 1.82) is 0 Å². The first-order valence-corrected chi connectivity index (χ1v) is 11.3. The third-order valence-electron chi connectivity index (χ3n) is 6.36. The van der Waals surface area contributed by atoms with Crippen molar-refractivity contribution in [1.82, 2.24) is 0 Å². The SMILES string of the molecule is CC1OC(CO)C(O)C(O)C1O.CC1OC(COC2OC(CO)C(O)C(O)C2O)C(O)C(O)C1O. The van der Waals surface area contributed by atoms with Crippen molar-refractivity contribution in [2.24, 2.45) is 0 Å². The van der Waals surface area contributed by atoms with Gasteiger partial charge in [0.1, 0.15) is 73.2 Å². The summed E-state index contributed by atoms with van der Waals surface area (Å²) in [6, 6.07) is 0. The smallest absolute Gasteiger partial charge is 0.186 e. The van der Waals surface area contributed by atoms with E-state index in [1.165, 1.54) is 6.92 Å². The molecule has 15 heteroatoms. The molecule has 3 fully saturated rings. The topological polar surface area (TPSA) is 259 Å². The van der Waals surface area contributed by atoms with Crippen molar-refractivity contribution in [3.05, 3.63) is 0 Å². The fraction of sp³-hybridized carbons (Fsp3) is 1.00. The lowest BCUT2D eigenvalue weighted by Gasteiger charge is -2.42. The van der Waals surface area contributed by atoms with Crippen molar-refractivity contribution >= 4 is 0 Å². The van der Waals surface area contributed by atoms with Crippen LogP contribution in [0, 0.1) is 0 Å². The largest absolute Gasteiger partial charge is 0.394 e. The number of aliphatic hydroxyl groups excluding tert-OH is 11. The molecule has 0 spiro atoms. The van der Waals surface area contributed by atoms with Gasteiger partial charge in [-0.2, -0.15) is 0 Å². The molecule has 0 aliphatic carbocycles. The predicted molar refractivity (Wildman–Crippen MR) is 112 cm³/mol. The van der Waals surface area contributed by atoms with Gasteiger partial charge >= 0.3 is 0 Å². The zero-order valence-electron chi connectivity index (χ0n) is 19.3. The molecule has 3 aliphatic heterocycles. The standard InChI is InChI=1S/C13H24O10.C7H14O5/c1-4-7(15)10(18)9(17)6(22-4)3-21-13-12(20)11(19)8(16)5(2-14)23-13;1-3-5(9)7(11)6(10)4(2-8)12-3/h4-20H,2-3H2,1H3;3-11H,2H2,1H3. The normalized spacial score (nSPS) is 50.8. The second-order valence-electron chi connectivity index (χ2n) is 8.92. The third kappa shape index (κ3) is 7.04. The summed E-state index contributed by atoms with van der Waals surface area (Å²) in [5, 5.41) is 104. The van der Waals surface area contributed by atoms with Crippen LogP contribution >= 0.6 is 0 Å². The van der Waals surface area contributed by atoms with Crippen molar-refractivity contribution in [2.75, 3.05) is 19.8 Å². The van der Waals surface area contributed by atoms with E-state index in [2.05, 4.69) is 0 Å². The van der Waals surface area contributed by atoms with E-state index in [1.807, 2.05) is 0 Å². The minimum atomic E-state index is -1.57. The number of hydrogen-bond acceptors (Lipinski definition) is 15. The average molecular weight is 519 g/mol. The van der Waals surface area contributed by atoms with Gasteiger partial charge in [0.2, 0.25) is 0 Å². The van der Waals surface area contributed by atoms with Gasteiger partial charge in [-0.15, -0.1) is 0 Å². The van der Waals surface area contributed by atoms with Gasteiger partial charge in [0.25, 0.3) is 0 Å². The lowest BCUT2D eigenvalue weighted by atomic mass is 9.96. The number of aliphatic hydroxyl groups is 11. The van der Waals surface area contributed by atoms with E-state index < -0.39 is 98.4 Å². The zero-order chi connectivity index (χ0) is 26.6. The van der Waals surface area contributed by atoms with Crippen LogP contribution in [0.2, 0.25) is 0 Å². The summed E-state index contributed by atoms with van der Waals surface area (Å²) >= 11 is 0. The van der Waals surface area contributed by atoms with Crippen LogP contribution in [0.15, 0.2) is 0 Å². The fourth-order valence-electron chi connectivity index (χ4n) is 3.96. The molecule has 0 aromatic heterocycles. The Bertz CT molecular complexity index is 621. The third-order valence-corrected chi connectivity index (χ3v) is 6.36. The lowest BCUT2D eigenvalue weighted by Crippen LogP contribution is -2.61. The molecule has 15 atom stereocenters. The molecule has 0 radical (unpaired) electrons. The highest BCUT2D eigenvalue weighted by molar-refractivity contribution is 4.92. The maximum atomic E-state index is 9.87. The molecule has 208 valence electrons. The molecule has 15 unspecified atom stereocenters. The molecule has 3 heterocycles. The second-order valence-corrected chi connectivity index (χ2v) is 8.92. The summed E-state index contributed by atoms with van der Waals surface area (Å²) in [4.78, 5) is 0. The fourth-order valence-corrected chi connectivity index (χ4v) is 3.96. The summed E-state index contributed by atoms with van der Waals surface area (Å²) in [6.45, 7) is 1.83. The van der Waals surface area contributed by atoms with E-state index in [4.69, 9.17) is 29.2 Å². The minimum absolute atomic E-state index is 0.308. The van der Waals surface area contributed by atoms with Crippen LogP contribution in [-0.2, 0) is 18.9 Å². The Morgan fingerprint density at radius 2 is 0.857 bits per heavy atom. The van der Waals surface area contributed by atoms with E-state index >= 15 is 0 Å². The number of hydrogen-bond donors (Lipinski definition) is 11. The van der Waals surface area contributed by atoms with Crippen molar-refractivity contribution in [3.63, 3.8) is 0 Å². The Morgan fingerprint density at radius 1 is 0.486 bits per heavy atom. The highest BCUT2D eigenvalue weighted by atomic mass is 16.7. The molecule has 0 aromatic carbocycles. The van der Waals surface area contributed by atoms with E-state index in [9.17, 15) is 46.0 Å². The van der Waals surface area contributed by atoms with Crippen LogP contribution in [0.5, 0.6) is 0 Å². The summed E-state index contributed by atoms with van der Waals surface area (Å²) in [7, 11) is 0. The summed E-state index contributed by atoms with van der Waals surface area (Å²) < 4.78 is 20.8. The second kappa shape index (κ2) is 13.3. The van der Waals surface area contributed by atoms with Crippen molar-refractivity contribution < 1.29 is 75.1 Å². The van der Waals surface area contributed by atoms with Gasteiger partial charge in [-0.25, -0.2) is 0 Å². The first kappa shape index (κ1) is 30.6. The van der Waals surface area contributed by atoms with Gasteiger partial charge in [0, 0.05) is 0 Å². The highest BCUT2D eigenvalue weighted by Gasteiger charge is 2.46. The van der Waals surface area contributed by atoms with Crippen LogP contribution in [0.3, 0.4) is 0 Å². The molecule has 11 N–H and O–H groups in total. The maximum Gasteiger partial charge on any atom is 0.186 e. The van der Waals surface area contributed by atoms with Crippen molar-refractivity contribution in [3.8, 4) is 0 Å². The van der Waals surface area contributed by atoms with Gasteiger partial charge < -0.3 is 75.1 Å². The van der Waals surface area contributed by atoms with Crippen LogP contribution in [0.1, 0.15) is 13.8 Å². The quantitative estimate of drug-likeness (QED) is 0.162. The van der Waals surface area contributed by atoms with E-state index in [0.717, 1.165) is 0 Å². The summed E-state index contributed by atoms with van der Waals surface area (Å²) in [6.07, 6.45) is -17.8. The first-order chi connectivity index (χ1) is 16.3. The minimum Gasteiger partial charge on any atom is -0.394 e. The molecule has 35 heavy (non-hydrogen) atoms. The molecule has 0 amide bonds. The predicted octanol–water partition coefficient (Wildman–Crippen LogP) is -6.48. The van der Waals surface area contributed by atoms with Crippen LogP contribution in [0.25, 0.3) is 0 Å². The summed E-state index contributed by atoms with van der Waals surface area (Å²) in [5.74, 6) is 0. The first-order valence-electron chi connectivity index (χ1n) is 11.3. The molecular weight excluding hydrogens is 480 g/mol. The van der Waals surface area contributed by atoms with Crippen molar-refractivity contribution in [2.45, 2.75) is 106 Å². The van der Waals surface area contributed by atoms with E-state index in [1.54, 1.807) is 6.92 Å². The van der Waals surface area contributed by atoms with Crippen LogP contribution < -0.4 is 0 Å². The van der Waals surface area contributed by atoms with Gasteiger partial charge in [-0.05, 0) is 13.8 Å². The molecule has 0 bridgehead atoms. The van der Waals surface area contributed by atoms with Gasteiger partial charge in [-0.3, -0.25) is 0 Å². The van der Waals surface area contributed by atoms with E-state index in [0.29, 0.717) is 0 Å².